The minimum Gasteiger partial charge on any atom is -0.492 e. The third kappa shape index (κ3) is 0.529. The Labute approximate surface area is 94.3 Å². The van der Waals surface area contributed by atoms with Crippen LogP contribution in [0.3, 0.4) is 0 Å². The van der Waals surface area contributed by atoms with E-state index in [1.165, 1.54) is 12.2 Å². The van der Waals surface area contributed by atoms with Gasteiger partial charge in [0.2, 0.25) is 0 Å². The fraction of sp³-hybridized carbons (Fsp3) is 0.714. The lowest BCUT2D eigenvalue weighted by Crippen LogP contribution is -2.51. The van der Waals surface area contributed by atoms with Crippen LogP contribution in [0.25, 0.3) is 0 Å². The van der Waals surface area contributed by atoms with Crippen LogP contribution in [0, 0.1) is 35.5 Å². The van der Waals surface area contributed by atoms with Crippen molar-refractivity contribution in [3.63, 3.8) is 0 Å². The van der Waals surface area contributed by atoms with Crippen molar-refractivity contribution >= 4 is 0 Å². The van der Waals surface area contributed by atoms with Gasteiger partial charge in [-0.25, -0.2) is 0 Å². The topological polar surface area (TPSA) is 18.5 Å². The van der Waals surface area contributed by atoms with Gasteiger partial charge >= 0.3 is 0 Å². The summed E-state index contributed by atoms with van der Waals surface area (Å²) in [7, 11) is 0. The zero-order valence-corrected chi connectivity index (χ0v) is 8.95. The fourth-order valence-corrected chi connectivity index (χ4v) is 5.85. The van der Waals surface area contributed by atoms with Crippen LogP contribution in [0.5, 0.6) is 0 Å². The molecule has 2 heteroatoms. The van der Waals surface area contributed by atoms with Gasteiger partial charge in [-0.05, 0) is 30.3 Å². The molecule has 9 unspecified atom stereocenters. The van der Waals surface area contributed by atoms with E-state index in [4.69, 9.17) is 9.47 Å². The monoisotopic (exact) mass is 214 g/mol. The van der Waals surface area contributed by atoms with Gasteiger partial charge in [-0.3, -0.25) is 0 Å². The first-order valence-corrected chi connectivity index (χ1v) is 6.64. The molecular weight excluding hydrogens is 200 g/mol. The molecule has 3 aliphatic carbocycles. The van der Waals surface area contributed by atoms with Crippen molar-refractivity contribution in [2.24, 2.45) is 35.5 Å². The summed E-state index contributed by atoms with van der Waals surface area (Å²) in [6.07, 6.45) is 9.89. The standard InChI is InChI=1S/C14H14O2/c1-2-5-6(3-1)12-10-7-4-8-11(9(5)7)14(16-12)13(10)15-8/h1,3-7,9-14H,2H2. The average molecular weight is 214 g/mol. The molecule has 2 nitrogen and oxygen atoms in total. The minimum absolute atomic E-state index is 0.420. The van der Waals surface area contributed by atoms with Crippen LogP contribution < -0.4 is 0 Å². The quantitative estimate of drug-likeness (QED) is 0.451. The van der Waals surface area contributed by atoms with E-state index in [0.29, 0.717) is 36.1 Å². The Balaban J connectivity index is 1.66. The van der Waals surface area contributed by atoms with Gasteiger partial charge in [-0.1, -0.05) is 12.2 Å². The molecule has 9 atom stereocenters. The summed E-state index contributed by atoms with van der Waals surface area (Å²) in [5, 5.41) is 0. The van der Waals surface area contributed by atoms with E-state index in [9.17, 15) is 0 Å². The largest absolute Gasteiger partial charge is 0.492 e. The van der Waals surface area contributed by atoms with Gasteiger partial charge in [0.25, 0.3) is 0 Å². The van der Waals surface area contributed by atoms with E-state index < -0.39 is 0 Å². The number of hydrogen-bond acceptors (Lipinski definition) is 2. The number of rotatable bonds is 0. The molecule has 2 saturated heterocycles. The van der Waals surface area contributed by atoms with Crippen LogP contribution >= 0.6 is 0 Å². The van der Waals surface area contributed by atoms with Gasteiger partial charge in [0, 0.05) is 17.8 Å². The molecule has 3 fully saturated rings. The van der Waals surface area contributed by atoms with E-state index in [-0.39, 0.29) is 0 Å². The second kappa shape index (κ2) is 2.01. The summed E-state index contributed by atoms with van der Waals surface area (Å²) in [5.41, 5.74) is 0. The highest BCUT2D eigenvalue weighted by molar-refractivity contribution is 5.35. The highest BCUT2D eigenvalue weighted by Crippen LogP contribution is 2.70. The summed E-state index contributed by atoms with van der Waals surface area (Å²) in [4.78, 5) is 0. The van der Waals surface area contributed by atoms with Gasteiger partial charge < -0.3 is 9.47 Å². The van der Waals surface area contributed by atoms with Crippen molar-refractivity contribution in [1.82, 2.24) is 0 Å². The normalized spacial score (nSPS) is 70.0. The molecule has 5 aliphatic rings. The second-order valence-corrected chi connectivity index (χ2v) is 6.38. The van der Waals surface area contributed by atoms with Gasteiger partial charge in [0.05, 0.1) is 11.9 Å². The molecule has 0 aromatic heterocycles. The van der Waals surface area contributed by atoms with Gasteiger partial charge in [0.1, 0.15) is 12.2 Å². The summed E-state index contributed by atoms with van der Waals surface area (Å²) in [5.74, 6) is 5.82. The van der Waals surface area contributed by atoms with Gasteiger partial charge in [-0.15, -0.1) is 0 Å². The molecule has 0 amide bonds. The fourth-order valence-electron chi connectivity index (χ4n) is 5.85. The van der Waals surface area contributed by atoms with Crippen molar-refractivity contribution in [3.05, 3.63) is 24.0 Å². The molecule has 2 aliphatic heterocycles. The zero-order valence-electron chi connectivity index (χ0n) is 8.95. The number of hydrogen-bond donors (Lipinski definition) is 0. The maximum atomic E-state index is 6.36. The van der Waals surface area contributed by atoms with Crippen molar-refractivity contribution in [1.29, 1.82) is 0 Å². The third-order valence-corrected chi connectivity index (χ3v) is 6.15. The maximum Gasteiger partial charge on any atom is 0.131 e. The average Bonchev–Trinajstić information content (AvgIpc) is 2.91. The Morgan fingerprint density at radius 1 is 1.06 bits per heavy atom. The predicted octanol–water partition coefficient (Wildman–Crippen LogP) is 1.73. The highest BCUT2D eigenvalue weighted by Gasteiger charge is 2.74. The Hall–Kier alpha value is -0.760. The molecular formula is C14H14O2. The van der Waals surface area contributed by atoms with E-state index in [2.05, 4.69) is 18.2 Å². The van der Waals surface area contributed by atoms with Crippen molar-refractivity contribution in [2.75, 3.05) is 0 Å². The number of ether oxygens (including phenoxy) is 2. The highest BCUT2D eigenvalue weighted by atomic mass is 16.6. The first-order valence-electron chi connectivity index (χ1n) is 6.64. The minimum atomic E-state index is 0.420. The number of allylic oxidation sites excluding steroid dienone is 2. The summed E-state index contributed by atoms with van der Waals surface area (Å²) in [6, 6.07) is 0. The van der Waals surface area contributed by atoms with Gasteiger partial charge in [0.15, 0.2) is 0 Å². The molecule has 0 aromatic carbocycles. The first-order chi connectivity index (χ1) is 7.93. The van der Waals surface area contributed by atoms with Crippen LogP contribution in [0.1, 0.15) is 6.42 Å². The predicted molar refractivity (Wildman–Crippen MR) is 56.3 cm³/mol. The van der Waals surface area contributed by atoms with Crippen LogP contribution in [-0.4, -0.2) is 18.3 Å². The molecule has 0 spiro atoms. The summed E-state index contributed by atoms with van der Waals surface area (Å²) in [6.45, 7) is 0. The summed E-state index contributed by atoms with van der Waals surface area (Å²) >= 11 is 0. The molecule has 0 aromatic rings. The SMILES string of the molecule is C1=CC2C(C1)C1C3C=C4OC5C(OC2C35)C41. The number of fused-ring (bicyclic) bond motifs is 11. The molecule has 0 bridgehead atoms. The van der Waals surface area contributed by atoms with E-state index in [1.54, 1.807) is 0 Å². The molecule has 0 N–H and O–H groups in total. The van der Waals surface area contributed by atoms with Crippen LogP contribution in [0.2, 0.25) is 0 Å². The summed E-state index contributed by atoms with van der Waals surface area (Å²) < 4.78 is 12.5. The zero-order chi connectivity index (χ0) is 10.0. The lowest BCUT2D eigenvalue weighted by atomic mass is 9.56. The van der Waals surface area contributed by atoms with E-state index >= 15 is 0 Å². The Bertz CT molecular complexity index is 465. The molecule has 0 radical (unpaired) electrons. The molecule has 82 valence electrons. The maximum absolute atomic E-state index is 6.36. The molecule has 5 rings (SSSR count). The third-order valence-electron chi connectivity index (χ3n) is 6.15. The Morgan fingerprint density at radius 3 is 3.06 bits per heavy atom. The molecule has 16 heavy (non-hydrogen) atoms. The lowest BCUT2D eigenvalue weighted by molar-refractivity contribution is -0.0141. The van der Waals surface area contributed by atoms with Crippen molar-refractivity contribution in [3.8, 4) is 0 Å². The lowest BCUT2D eigenvalue weighted by Gasteiger charge is -2.46. The smallest absolute Gasteiger partial charge is 0.131 e. The van der Waals surface area contributed by atoms with Crippen LogP contribution in [0.4, 0.5) is 0 Å². The molecule has 2 heterocycles. The van der Waals surface area contributed by atoms with Gasteiger partial charge in [-0.2, -0.15) is 0 Å². The second-order valence-electron chi connectivity index (χ2n) is 6.38. The van der Waals surface area contributed by atoms with Crippen LogP contribution in [-0.2, 0) is 9.47 Å². The Kier molecular flexibility index (Phi) is 0.948. The van der Waals surface area contributed by atoms with Crippen LogP contribution in [0.15, 0.2) is 24.0 Å². The van der Waals surface area contributed by atoms with Crippen molar-refractivity contribution < 1.29 is 9.47 Å². The molecule has 1 saturated carbocycles. The first kappa shape index (κ1) is 7.54. The Morgan fingerprint density at radius 2 is 2.06 bits per heavy atom. The van der Waals surface area contributed by atoms with E-state index in [1.807, 2.05) is 0 Å². The van der Waals surface area contributed by atoms with Crippen molar-refractivity contribution in [2.45, 2.75) is 24.7 Å². The van der Waals surface area contributed by atoms with E-state index in [0.717, 1.165) is 17.8 Å².